The van der Waals surface area contributed by atoms with Gasteiger partial charge in [0.05, 0.1) is 23.3 Å². The van der Waals surface area contributed by atoms with Gasteiger partial charge in [-0.2, -0.15) is 0 Å². The van der Waals surface area contributed by atoms with Crippen LogP contribution in [0.1, 0.15) is 17.5 Å². The maximum absolute atomic E-state index is 12.4. The fourth-order valence-corrected chi connectivity index (χ4v) is 4.06. The Morgan fingerprint density at radius 2 is 1.81 bits per heavy atom. The van der Waals surface area contributed by atoms with Gasteiger partial charge in [-0.05, 0) is 31.0 Å². The number of hydrogen-bond donors (Lipinski definition) is 2. The van der Waals surface area contributed by atoms with Crippen molar-refractivity contribution < 1.29 is 14.5 Å². The normalized spacial score (nSPS) is 13.3. The zero-order valence-electron chi connectivity index (χ0n) is 15.6. The van der Waals surface area contributed by atoms with E-state index in [2.05, 4.69) is 16.4 Å². The van der Waals surface area contributed by atoms with E-state index >= 15 is 0 Å². The number of carbonyl (C=O) groups is 2. The van der Waals surface area contributed by atoms with Gasteiger partial charge >= 0.3 is 0 Å². The first kappa shape index (κ1) is 19.2. The van der Waals surface area contributed by atoms with E-state index in [0.717, 1.165) is 25.7 Å². The van der Waals surface area contributed by atoms with Crippen LogP contribution >= 0.6 is 11.3 Å². The standard InChI is InChI=1S/C21H23N3O2S/c1-15(25)18(12-16-8-4-3-5-9-16)22-20(26)13-24(2)14-21-23-17-10-6-7-11-19(17)27-21/h3-11,18H,12-14H2,1-2H3,(H,22,26)/p+1/t18-/m1/s1. The van der Waals surface area contributed by atoms with Crippen LogP contribution in [0.3, 0.4) is 0 Å². The number of rotatable bonds is 8. The van der Waals surface area contributed by atoms with Gasteiger partial charge in [0.2, 0.25) is 0 Å². The third-order valence-corrected chi connectivity index (χ3v) is 5.40. The Balaban J connectivity index is 1.55. The molecule has 0 bridgehead atoms. The first-order valence-corrected chi connectivity index (χ1v) is 9.82. The van der Waals surface area contributed by atoms with Crippen molar-refractivity contribution in [2.75, 3.05) is 13.6 Å². The predicted octanol–water partition coefficient (Wildman–Crippen LogP) is 1.63. The smallest absolute Gasteiger partial charge is 0.275 e. The number of ketones is 1. The molecule has 6 heteroatoms. The third kappa shape index (κ3) is 5.45. The number of Topliss-reactive ketones (excluding diaryl/α,β-unsaturated/α-hetero) is 1. The Hall–Kier alpha value is -2.57. The van der Waals surface area contributed by atoms with Crippen molar-refractivity contribution in [3.63, 3.8) is 0 Å². The van der Waals surface area contributed by atoms with Crippen LogP contribution in [0.15, 0.2) is 54.6 Å². The monoisotopic (exact) mass is 382 g/mol. The second kappa shape index (κ2) is 8.88. The van der Waals surface area contributed by atoms with Crippen molar-refractivity contribution in [1.82, 2.24) is 10.3 Å². The van der Waals surface area contributed by atoms with E-state index in [1.54, 1.807) is 11.3 Å². The fourth-order valence-electron chi connectivity index (χ4n) is 2.98. The lowest BCUT2D eigenvalue weighted by molar-refractivity contribution is -0.885. The Labute approximate surface area is 163 Å². The second-order valence-electron chi connectivity index (χ2n) is 6.81. The molecule has 3 aromatic rings. The number of para-hydroxylation sites is 1. The molecule has 27 heavy (non-hydrogen) atoms. The lowest BCUT2D eigenvalue weighted by Gasteiger charge is -2.18. The lowest BCUT2D eigenvalue weighted by atomic mass is 10.0. The quantitative estimate of drug-likeness (QED) is 0.622. The molecule has 1 aromatic heterocycles. The van der Waals surface area contributed by atoms with Gasteiger partial charge in [-0.3, -0.25) is 9.59 Å². The van der Waals surface area contributed by atoms with E-state index in [9.17, 15) is 9.59 Å². The average Bonchev–Trinajstić information content (AvgIpc) is 3.03. The predicted molar refractivity (Wildman–Crippen MR) is 108 cm³/mol. The van der Waals surface area contributed by atoms with Gasteiger partial charge < -0.3 is 10.2 Å². The number of nitrogens with one attached hydrogen (secondary N) is 2. The van der Waals surface area contributed by atoms with Gasteiger partial charge in [0.1, 0.15) is 11.6 Å². The van der Waals surface area contributed by atoms with Crippen LogP contribution < -0.4 is 10.2 Å². The minimum absolute atomic E-state index is 0.0315. The molecule has 0 aliphatic carbocycles. The molecule has 0 spiro atoms. The summed E-state index contributed by atoms with van der Waals surface area (Å²) < 4.78 is 1.16. The Bertz CT molecular complexity index is 890. The molecule has 1 heterocycles. The zero-order valence-corrected chi connectivity index (χ0v) is 16.4. The van der Waals surface area contributed by atoms with E-state index in [-0.39, 0.29) is 11.7 Å². The fraction of sp³-hybridized carbons (Fsp3) is 0.286. The average molecular weight is 383 g/mol. The number of aromatic nitrogens is 1. The van der Waals surface area contributed by atoms with Crippen LogP contribution in [0.4, 0.5) is 0 Å². The van der Waals surface area contributed by atoms with Gasteiger partial charge in [0.25, 0.3) is 5.91 Å². The number of nitrogens with zero attached hydrogens (tertiary/aromatic N) is 1. The highest BCUT2D eigenvalue weighted by Crippen LogP contribution is 2.20. The summed E-state index contributed by atoms with van der Waals surface area (Å²) in [4.78, 5) is 30.0. The molecule has 0 saturated carbocycles. The molecule has 140 valence electrons. The lowest BCUT2D eigenvalue weighted by Crippen LogP contribution is -3.09. The molecule has 3 rings (SSSR count). The third-order valence-electron chi connectivity index (χ3n) is 4.36. The molecule has 0 aliphatic heterocycles. The van der Waals surface area contributed by atoms with Crippen LogP contribution in [-0.2, 0) is 22.6 Å². The minimum atomic E-state index is -0.491. The zero-order chi connectivity index (χ0) is 19.2. The largest absolute Gasteiger partial charge is 0.341 e. The molecular formula is C21H24N3O2S+. The maximum Gasteiger partial charge on any atom is 0.275 e. The van der Waals surface area contributed by atoms with Crippen molar-refractivity contribution in [2.24, 2.45) is 0 Å². The molecule has 0 aliphatic rings. The molecule has 2 N–H and O–H groups in total. The number of thiazole rings is 1. The van der Waals surface area contributed by atoms with Crippen molar-refractivity contribution >= 4 is 33.2 Å². The highest BCUT2D eigenvalue weighted by Gasteiger charge is 2.20. The molecule has 5 nitrogen and oxygen atoms in total. The number of carbonyl (C=O) groups excluding carboxylic acids is 2. The summed E-state index contributed by atoms with van der Waals surface area (Å²) >= 11 is 1.66. The molecule has 0 fully saturated rings. The van der Waals surface area contributed by atoms with Crippen LogP contribution in [0.2, 0.25) is 0 Å². The van der Waals surface area contributed by atoms with Gasteiger partial charge in [0.15, 0.2) is 12.3 Å². The molecule has 2 atom stereocenters. The number of likely N-dealkylation sites (N-methyl/N-ethyl adjacent to an activating group) is 1. The Morgan fingerprint density at radius 3 is 2.52 bits per heavy atom. The first-order chi connectivity index (χ1) is 13.0. The summed E-state index contributed by atoms with van der Waals surface area (Å²) in [5.41, 5.74) is 2.03. The van der Waals surface area contributed by atoms with Crippen LogP contribution in [0.25, 0.3) is 10.2 Å². The van der Waals surface area contributed by atoms with E-state index in [0.29, 0.717) is 19.5 Å². The highest BCUT2D eigenvalue weighted by molar-refractivity contribution is 7.18. The van der Waals surface area contributed by atoms with E-state index in [1.807, 2.05) is 55.6 Å². The second-order valence-corrected chi connectivity index (χ2v) is 7.92. The first-order valence-electron chi connectivity index (χ1n) is 9.01. The van der Waals surface area contributed by atoms with Gasteiger partial charge in [-0.25, -0.2) is 4.98 Å². The topological polar surface area (TPSA) is 63.5 Å². The number of quaternary nitrogens is 1. The summed E-state index contributed by atoms with van der Waals surface area (Å²) in [6.07, 6.45) is 0.513. The van der Waals surface area contributed by atoms with Crippen molar-refractivity contribution in [3.8, 4) is 0 Å². The minimum Gasteiger partial charge on any atom is -0.341 e. The van der Waals surface area contributed by atoms with Gasteiger partial charge in [0, 0.05) is 0 Å². The SMILES string of the molecule is CC(=O)[C@@H](Cc1ccccc1)NC(=O)C[NH+](C)Cc1nc2ccccc2s1. The summed E-state index contributed by atoms with van der Waals surface area (Å²) in [5, 5.41) is 3.89. The Morgan fingerprint density at radius 1 is 1.11 bits per heavy atom. The molecule has 2 aromatic carbocycles. The number of amides is 1. The molecule has 1 amide bonds. The maximum atomic E-state index is 12.4. The summed E-state index contributed by atoms with van der Waals surface area (Å²) in [6.45, 7) is 2.50. The van der Waals surface area contributed by atoms with Crippen LogP contribution in [0, 0.1) is 0 Å². The summed E-state index contributed by atoms with van der Waals surface area (Å²) in [7, 11) is 1.96. The van der Waals surface area contributed by atoms with E-state index < -0.39 is 6.04 Å². The van der Waals surface area contributed by atoms with Crippen molar-refractivity contribution in [3.05, 3.63) is 65.2 Å². The molecular weight excluding hydrogens is 358 g/mol. The summed E-state index contributed by atoms with van der Waals surface area (Å²) in [6, 6.07) is 17.3. The van der Waals surface area contributed by atoms with Crippen LogP contribution in [0.5, 0.6) is 0 Å². The Kier molecular flexibility index (Phi) is 6.32. The highest BCUT2D eigenvalue weighted by atomic mass is 32.1. The van der Waals surface area contributed by atoms with Gasteiger partial charge in [-0.1, -0.05) is 42.5 Å². The van der Waals surface area contributed by atoms with Crippen molar-refractivity contribution in [2.45, 2.75) is 25.9 Å². The van der Waals surface area contributed by atoms with E-state index in [1.165, 1.54) is 6.92 Å². The molecule has 0 radical (unpaired) electrons. The van der Waals surface area contributed by atoms with Gasteiger partial charge in [-0.15, -0.1) is 11.3 Å². The van der Waals surface area contributed by atoms with Crippen molar-refractivity contribution in [1.29, 1.82) is 0 Å². The number of hydrogen-bond acceptors (Lipinski definition) is 4. The van der Waals surface area contributed by atoms with E-state index in [4.69, 9.17) is 0 Å². The number of benzene rings is 2. The van der Waals surface area contributed by atoms with Crippen LogP contribution in [-0.4, -0.2) is 36.3 Å². The molecule has 0 saturated heterocycles. The molecule has 1 unspecified atom stereocenters. The number of fused-ring (bicyclic) bond motifs is 1. The summed E-state index contributed by atoms with van der Waals surface area (Å²) in [5.74, 6) is -0.152.